The van der Waals surface area contributed by atoms with E-state index in [0.717, 1.165) is 11.1 Å². The highest BCUT2D eigenvalue weighted by atomic mass is 79.9. The van der Waals surface area contributed by atoms with Crippen LogP contribution in [0.1, 0.15) is 40.3 Å². The van der Waals surface area contributed by atoms with Gasteiger partial charge in [-0.05, 0) is 52.1 Å². The summed E-state index contributed by atoms with van der Waals surface area (Å²) in [6.45, 7) is 12.1. The lowest BCUT2D eigenvalue weighted by molar-refractivity contribution is -0.684. The molecule has 0 amide bonds. The Morgan fingerprint density at radius 2 is 1.79 bits per heavy atom. The lowest BCUT2D eigenvalue weighted by Gasteiger charge is -2.33. The summed E-state index contributed by atoms with van der Waals surface area (Å²) in [5.41, 5.74) is 3.47. The first-order chi connectivity index (χ1) is 8.92. The fourth-order valence-electron chi connectivity index (χ4n) is 4.44. The van der Waals surface area contributed by atoms with E-state index in [4.69, 9.17) is 0 Å². The normalized spacial score (nSPS) is 20.9. The van der Waals surface area contributed by atoms with Crippen LogP contribution in [0.15, 0.2) is 29.0 Å². The minimum absolute atomic E-state index is 0.599. The summed E-state index contributed by atoms with van der Waals surface area (Å²) >= 11 is 3.76. The van der Waals surface area contributed by atoms with Gasteiger partial charge in [-0.15, -0.1) is 0 Å². The Hall–Kier alpha value is -0.613. The Bertz CT molecular complexity index is 637. The highest BCUT2D eigenvalue weighted by Crippen LogP contribution is 2.45. The van der Waals surface area contributed by atoms with Gasteiger partial charge in [-0.25, -0.2) is 4.57 Å². The van der Waals surface area contributed by atoms with Crippen molar-refractivity contribution < 1.29 is 4.57 Å². The predicted octanol–water partition coefficient (Wildman–Crippen LogP) is 4.42. The number of aromatic nitrogens is 2. The van der Waals surface area contributed by atoms with Gasteiger partial charge in [0.25, 0.3) is 5.65 Å². The minimum Gasteiger partial charge on any atom is -0.279 e. The summed E-state index contributed by atoms with van der Waals surface area (Å²) in [6.07, 6.45) is 2.34. The van der Waals surface area contributed by atoms with E-state index < -0.39 is 8.24 Å². The highest BCUT2D eigenvalue weighted by Gasteiger charge is 2.61. The van der Waals surface area contributed by atoms with Crippen molar-refractivity contribution in [3.63, 3.8) is 0 Å². The van der Waals surface area contributed by atoms with Crippen LogP contribution in [0.5, 0.6) is 0 Å². The summed E-state index contributed by atoms with van der Waals surface area (Å²) in [4.78, 5) is 0. The molecule has 0 saturated carbocycles. The summed E-state index contributed by atoms with van der Waals surface area (Å²) < 4.78 is 6.39. The summed E-state index contributed by atoms with van der Waals surface area (Å²) in [7, 11) is -1.62. The van der Waals surface area contributed by atoms with Gasteiger partial charge in [0.1, 0.15) is 5.67 Å². The van der Waals surface area contributed by atoms with Gasteiger partial charge in [0, 0.05) is 0 Å². The molecule has 1 atom stereocenters. The molecule has 2 aromatic heterocycles. The monoisotopic (exact) mass is 337 g/mol. The van der Waals surface area contributed by atoms with Gasteiger partial charge in [0.15, 0.2) is 4.60 Å². The highest BCUT2D eigenvalue weighted by molar-refractivity contribution is 9.10. The molecule has 0 bridgehead atoms. The third-order valence-electron chi connectivity index (χ3n) is 5.07. The first-order valence-electron chi connectivity index (χ1n) is 7.14. The Kier molecular flexibility index (Phi) is 2.95. The lowest BCUT2D eigenvalue weighted by Crippen LogP contribution is -2.57. The average molecular weight is 338 g/mol. The van der Waals surface area contributed by atoms with E-state index in [2.05, 4.69) is 83.7 Å². The number of hydrogen-bond acceptors (Lipinski definition) is 0. The molecular weight excluding hydrogens is 316 g/mol. The molecule has 1 aliphatic heterocycles. The smallest absolute Gasteiger partial charge is 0.279 e. The van der Waals surface area contributed by atoms with E-state index in [-0.39, 0.29) is 0 Å². The molecule has 0 aliphatic carbocycles. The molecule has 0 radical (unpaired) electrons. The number of halogens is 1. The molecule has 2 aromatic rings. The maximum atomic E-state index is 3.76. The van der Waals surface area contributed by atoms with Crippen molar-refractivity contribution in [1.82, 2.24) is 4.23 Å². The molecule has 102 valence electrons. The second kappa shape index (κ2) is 4.19. The van der Waals surface area contributed by atoms with Crippen LogP contribution < -0.4 is 4.57 Å². The molecule has 0 N–H and O–H groups in total. The Morgan fingerprint density at radius 3 is 2.37 bits per heavy atom. The summed E-state index contributed by atoms with van der Waals surface area (Å²) in [5.74, 6) is 0. The van der Waals surface area contributed by atoms with E-state index in [9.17, 15) is 0 Å². The van der Waals surface area contributed by atoms with Crippen molar-refractivity contribution in [1.29, 1.82) is 0 Å². The van der Waals surface area contributed by atoms with Gasteiger partial charge < -0.3 is 0 Å². The molecule has 0 spiro atoms. The first-order valence-corrected chi connectivity index (χ1v) is 10.1. The molecule has 3 rings (SSSR count). The molecule has 1 aliphatic rings. The van der Waals surface area contributed by atoms with Gasteiger partial charge in [0.2, 0.25) is 0 Å². The zero-order valence-corrected chi connectivity index (χ0v) is 14.9. The second-order valence-electron chi connectivity index (χ2n) is 6.36. The van der Waals surface area contributed by atoms with Crippen LogP contribution in [-0.4, -0.2) is 12.5 Å². The van der Waals surface area contributed by atoms with Crippen LogP contribution in [0.4, 0.5) is 0 Å². The van der Waals surface area contributed by atoms with Crippen molar-refractivity contribution in [2.24, 2.45) is 0 Å². The molecular formula is C15H22BrN2Si+. The maximum absolute atomic E-state index is 3.76. The molecule has 0 aromatic carbocycles. The van der Waals surface area contributed by atoms with Crippen LogP contribution >= 0.6 is 15.9 Å². The molecule has 0 fully saturated rings. The molecule has 3 heterocycles. The zero-order valence-electron chi connectivity index (χ0n) is 12.3. The summed E-state index contributed by atoms with van der Waals surface area (Å²) in [5, 5.41) is 1.37. The number of hydrogen-bond donors (Lipinski definition) is 0. The maximum Gasteiger partial charge on any atom is 0.315 e. The van der Waals surface area contributed by atoms with Crippen molar-refractivity contribution in [2.75, 3.05) is 0 Å². The van der Waals surface area contributed by atoms with Crippen LogP contribution in [0, 0.1) is 0 Å². The van der Waals surface area contributed by atoms with Crippen molar-refractivity contribution in [2.45, 2.75) is 51.4 Å². The van der Waals surface area contributed by atoms with Crippen molar-refractivity contribution in [3.8, 4) is 0 Å². The predicted molar refractivity (Wildman–Crippen MR) is 85.9 cm³/mol. The largest absolute Gasteiger partial charge is 0.315 e. The molecule has 1 unspecified atom stereocenters. The number of pyridine rings is 1. The topological polar surface area (TPSA) is 8.81 Å². The third kappa shape index (κ3) is 1.44. The zero-order chi connectivity index (χ0) is 13.9. The van der Waals surface area contributed by atoms with Crippen LogP contribution in [0.25, 0.3) is 11.0 Å². The van der Waals surface area contributed by atoms with Crippen LogP contribution in [0.3, 0.4) is 0 Å². The fourth-order valence-corrected chi connectivity index (χ4v) is 11.6. The standard InChI is InChI=1S/C15H22BrN2Si/c1-10(2)19(11(3)4)12(5)18-14(16)7-6-13-8-9-17(19)15(13)18/h6-12H,1-5H3/q+1. The average Bonchev–Trinajstić information content (AvgIpc) is 2.83. The quantitative estimate of drug-likeness (QED) is 0.435. The van der Waals surface area contributed by atoms with E-state index in [1.165, 1.54) is 15.6 Å². The Morgan fingerprint density at radius 1 is 1.16 bits per heavy atom. The Labute approximate surface area is 124 Å². The lowest BCUT2D eigenvalue weighted by atomic mass is 10.3. The van der Waals surface area contributed by atoms with Gasteiger partial charge in [-0.3, -0.25) is 4.23 Å². The number of rotatable bonds is 2. The Balaban J connectivity index is 2.42. The van der Waals surface area contributed by atoms with E-state index >= 15 is 0 Å². The molecule has 0 saturated heterocycles. The van der Waals surface area contributed by atoms with Gasteiger partial charge in [-0.2, -0.15) is 0 Å². The molecule has 19 heavy (non-hydrogen) atoms. The first kappa shape index (κ1) is 13.4. The SMILES string of the molecule is CC(C)[Si]1(C(C)C)C(C)[n+]2c(Br)ccc3ccn1c32. The minimum atomic E-state index is -1.62. The molecule has 4 heteroatoms. The van der Waals surface area contributed by atoms with Gasteiger partial charge in [0.05, 0.1) is 11.6 Å². The number of nitrogens with zero attached hydrogens (tertiary/aromatic N) is 2. The second-order valence-corrected chi connectivity index (χ2v) is 12.6. The summed E-state index contributed by atoms with van der Waals surface area (Å²) in [6, 6.07) is 6.69. The van der Waals surface area contributed by atoms with E-state index in [1.54, 1.807) is 0 Å². The van der Waals surface area contributed by atoms with Crippen molar-refractivity contribution in [3.05, 3.63) is 29.0 Å². The van der Waals surface area contributed by atoms with Gasteiger partial charge >= 0.3 is 8.24 Å². The van der Waals surface area contributed by atoms with Crippen molar-refractivity contribution >= 4 is 35.2 Å². The third-order valence-corrected chi connectivity index (χ3v) is 12.2. The van der Waals surface area contributed by atoms with E-state index in [1.807, 2.05) is 0 Å². The fraction of sp³-hybridized carbons (Fsp3) is 0.533. The van der Waals surface area contributed by atoms with Crippen LogP contribution in [0.2, 0.25) is 11.1 Å². The van der Waals surface area contributed by atoms with Gasteiger partial charge in [-0.1, -0.05) is 27.7 Å². The van der Waals surface area contributed by atoms with Crippen LogP contribution in [-0.2, 0) is 0 Å². The van der Waals surface area contributed by atoms with E-state index in [0.29, 0.717) is 5.67 Å². The molecule has 2 nitrogen and oxygen atoms in total.